The van der Waals surface area contributed by atoms with Gasteiger partial charge < -0.3 is 19.5 Å². The van der Waals surface area contributed by atoms with Crippen LogP contribution in [0.2, 0.25) is 0 Å². The molecular formula is C43H83I2N3O8P24S. The smallest absolute Gasteiger partial charge is 0.408 e. The van der Waals surface area contributed by atoms with E-state index in [4.69, 9.17) is 14.2 Å². The van der Waals surface area contributed by atoms with Crippen molar-refractivity contribution in [1.29, 1.82) is 0 Å². The third-order valence-corrected chi connectivity index (χ3v) is 145. The highest BCUT2D eigenvalue weighted by molar-refractivity contribution is 14.1. The van der Waals surface area contributed by atoms with E-state index >= 15 is 0 Å². The Bertz CT molecular complexity index is 2470. The summed E-state index contributed by atoms with van der Waals surface area (Å²) in [6, 6.07) is 24.4. The van der Waals surface area contributed by atoms with Crippen LogP contribution in [0.3, 0.4) is 0 Å². The minimum Gasteiger partial charge on any atom is -0.444 e. The van der Waals surface area contributed by atoms with Crippen molar-refractivity contribution in [2.24, 2.45) is 11.8 Å². The SMILES string of the molecule is C/C(=C\COCc1ccccc1)[C@@H](NC(=O)OC(C)(C)C)[C@@H](C)/C=C/I.C/C(=C\COCc1ccccc1)[C@@H](NS(=O)(=O)c1ccccc1[N+](=O)[O-])[C@@H](C)/C=C/I.PPP(P(P)P)P(P(P)P)P(P(P)P)P(P)P.PPP(P)P(P)P. The van der Waals surface area contributed by atoms with Crippen molar-refractivity contribution in [3.8, 4) is 0 Å². The maximum absolute atomic E-state index is 13.0. The fourth-order valence-corrected chi connectivity index (χ4v) is 214. The maximum Gasteiger partial charge on any atom is 0.408 e. The van der Waals surface area contributed by atoms with Gasteiger partial charge in [-0.05, 0) is 135 Å². The van der Waals surface area contributed by atoms with Crippen molar-refractivity contribution >= 4 is 262 Å². The Morgan fingerprint density at radius 2 is 1.09 bits per heavy atom. The fraction of sp³-hybridized carbons (Fsp3) is 0.372. The number of nitro groups is 1. The molecule has 0 aromatic heterocycles. The van der Waals surface area contributed by atoms with Crippen molar-refractivity contribution in [2.45, 2.75) is 84.3 Å². The fourth-order valence-electron chi connectivity index (χ4n) is 6.21. The number of ether oxygens (including phenoxy) is 3. The molecular weight excluding hydrogens is 1720 g/mol. The average molecular weight is 1800 g/mol. The Hall–Kier alpha value is 6.90. The number of nitrogens with zero attached hydrogens (tertiary/aromatic N) is 1. The monoisotopic (exact) mass is 1800 g/mol. The second-order valence-electron chi connectivity index (χ2n) is 17.5. The molecule has 0 radical (unpaired) electrons. The van der Waals surface area contributed by atoms with E-state index in [2.05, 4.69) is 184 Å². The molecule has 3 aromatic rings. The molecule has 0 heterocycles. The number of rotatable bonds is 28. The van der Waals surface area contributed by atoms with E-state index < -0.39 is 38.4 Å². The average Bonchev–Trinajstić information content (AvgIpc) is 3.40. The van der Waals surface area contributed by atoms with Gasteiger partial charge in [-0.2, -0.15) is 0 Å². The number of hydrogen-bond donors (Lipinski definition) is 2. The predicted molar refractivity (Wildman–Crippen MR) is 450 cm³/mol. The molecule has 1 amide bonds. The van der Waals surface area contributed by atoms with E-state index in [1.54, 1.807) is 0 Å². The highest BCUT2D eigenvalue weighted by Gasteiger charge is 2.37. The lowest BCUT2D eigenvalue weighted by Gasteiger charge is -2.41. The molecule has 2 N–H and O–H groups in total. The number of alkyl carbamates (subject to hydrolysis) is 1. The molecule has 3 rings (SSSR count). The van der Waals surface area contributed by atoms with Crippen LogP contribution in [0.4, 0.5) is 10.5 Å². The molecule has 0 saturated heterocycles. The van der Waals surface area contributed by atoms with Crippen LogP contribution in [0.1, 0.15) is 59.6 Å². The zero-order valence-corrected chi connectivity index (χ0v) is 76.3. The molecule has 3 aromatic carbocycles. The van der Waals surface area contributed by atoms with Gasteiger partial charge in [0.25, 0.3) is 5.69 Å². The summed E-state index contributed by atoms with van der Waals surface area (Å²) in [4.78, 5) is 22.4. The number of para-hydroxylation sites is 1. The second-order valence-corrected chi connectivity index (χ2v) is 107. The summed E-state index contributed by atoms with van der Waals surface area (Å²) in [5.41, 5.74) is 3.02. The van der Waals surface area contributed by atoms with Crippen LogP contribution in [0.5, 0.6) is 0 Å². The van der Waals surface area contributed by atoms with E-state index in [-0.39, 0.29) is 85.7 Å². The summed E-state index contributed by atoms with van der Waals surface area (Å²) >= 11 is 4.26. The van der Waals surface area contributed by atoms with Crippen LogP contribution in [0, 0.1) is 22.0 Å². The summed E-state index contributed by atoms with van der Waals surface area (Å²) in [6.07, 6.45) is 7.37. The number of carbonyl (C=O) groups excluding carboxylic acids is 1. The molecule has 38 heteroatoms. The second kappa shape index (κ2) is 50.3. The molecule has 0 spiro atoms. The minimum atomic E-state index is -4.13. The molecule has 0 aliphatic carbocycles. The van der Waals surface area contributed by atoms with Gasteiger partial charge in [0.15, 0.2) is 4.90 Å². The van der Waals surface area contributed by atoms with Gasteiger partial charge in [0.1, 0.15) is 5.60 Å². The lowest BCUT2D eigenvalue weighted by molar-refractivity contribution is -0.387. The lowest BCUT2D eigenvalue weighted by atomic mass is 9.95. The zero-order chi connectivity index (χ0) is 62.0. The van der Waals surface area contributed by atoms with Crippen molar-refractivity contribution < 1.29 is 32.3 Å². The zero-order valence-electron chi connectivity index (χ0n) is 46.1. The van der Waals surface area contributed by atoms with Gasteiger partial charge in [0.2, 0.25) is 10.0 Å². The maximum atomic E-state index is 13.0. The van der Waals surface area contributed by atoms with Gasteiger partial charge in [0, 0.05) is 12.1 Å². The summed E-state index contributed by atoms with van der Waals surface area (Å²) in [6.45, 7) is 16.5. The Morgan fingerprint density at radius 3 is 1.44 bits per heavy atom. The first kappa shape index (κ1) is 87.9. The number of benzene rings is 3. The van der Waals surface area contributed by atoms with E-state index in [1.165, 1.54) is 24.3 Å². The van der Waals surface area contributed by atoms with Crippen LogP contribution in [0.15, 0.2) is 133 Å². The van der Waals surface area contributed by atoms with E-state index in [0.717, 1.165) is 38.2 Å². The van der Waals surface area contributed by atoms with Crippen LogP contribution < -0.4 is 10.0 Å². The molecule has 81 heavy (non-hydrogen) atoms. The number of nitro benzene ring substituents is 1. The molecule has 0 fully saturated rings. The minimum absolute atomic E-state index is 0.0688. The van der Waals surface area contributed by atoms with Crippen molar-refractivity contribution in [3.63, 3.8) is 0 Å². The largest absolute Gasteiger partial charge is 0.444 e. The van der Waals surface area contributed by atoms with E-state index in [9.17, 15) is 23.3 Å². The summed E-state index contributed by atoms with van der Waals surface area (Å²) in [5.74, 6) is -0.0374. The summed E-state index contributed by atoms with van der Waals surface area (Å²) < 4.78 is 49.2. The van der Waals surface area contributed by atoms with Crippen molar-refractivity contribution in [1.82, 2.24) is 10.0 Å². The normalized spacial score (nSPS) is 15.4. The van der Waals surface area contributed by atoms with Crippen molar-refractivity contribution in [3.05, 3.63) is 150 Å². The van der Waals surface area contributed by atoms with E-state index in [1.807, 2.05) is 129 Å². The molecule has 18 unspecified atom stereocenters. The molecule has 0 bridgehead atoms. The Morgan fingerprint density at radius 1 is 0.667 bits per heavy atom. The first-order chi connectivity index (χ1) is 37.9. The molecule has 458 valence electrons. The number of sulfonamides is 1. The van der Waals surface area contributed by atoms with E-state index in [0.29, 0.717) is 26.4 Å². The Labute approximate surface area is 557 Å². The molecule has 11 nitrogen and oxygen atoms in total. The van der Waals surface area contributed by atoms with Crippen molar-refractivity contribution in [2.75, 3.05) is 13.2 Å². The first-order valence-electron chi connectivity index (χ1n) is 23.6. The summed E-state index contributed by atoms with van der Waals surface area (Å²) in [7, 11) is 37.3. The first-order valence-corrected chi connectivity index (χ1v) is 69.7. The number of carbonyl (C=O) groups is 1. The molecule has 0 aliphatic heterocycles. The van der Waals surface area contributed by atoms with Crippen LogP contribution in [0.25, 0.3) is 0 Å². The van der Waals surface area contributed by atoms with Gasteiger partial charge >= 0.3 is 6.09 Å². The Kier molecular flexibility index (Phi) is 54.6. The van der Waals surface area contributed by atoms with Crippen LogP contribution in [-0.4, -0.2) is 50.3 Å². The highest BCUT2D eigenvalue weighted by atomic mass is 127. The highest BCUT2D eigenvalue weighted by Crippen LogP contribution is 3.25. The van der Waals surface area contributed by atoms with Gasteiger partial charge in [-0.1, -0.05) is 183 Å². The summed E-state index contributed by atoms with van der Waals surface area (Å²) in [5, 5.41) is 14.3. The van der Waals surface area contributed by atoms with Gasteiger partial charge in [-0.3, -0.25) is 10.1 Å². The topological polar surface area (TPSA) is 146 Å². The van der Waals surface area contributed by atoms with Crippen LogP contribution in [-0.2, 0) is 37.4 Å². The van der Waals surface area contributed by atoms with Gasteiger partial charge in [-0.25, -0.2) is 17.9 Å². The van der Waals surface area contributed by atoms with Gasteiger partial charge in [0.05, 0.1) is 37.4 Å². The number of amides is 1. The predicted octanol–water partition coefficient (Wildman–Crippen LogP) is 23.8. The Balaban J connectivity index is 0.00000116. The number of nitrogens with one attached hydrogen (secondary N) is 2. The third-order valence-electron chi connectivity index (χ3n) is 10.0. The quantitative estimate of drug-likeness (QED) is 0.0182. The molecule has 0 aliphatic rings. The molecule has 22 atom stereocenters. The van der Waals surface area contributed by atoms with Crippen LogP contribution >= 0.6 is 240 Å². The number of hydrogen-bond acceptors (Lipinski definition) is 8. The lowest BCUT2D eigenvalue weighted by Crippen LogP contribution is -2.42. The number of halogens is 2. The van der Waals surface area contributed by atoms with Gasteiger partial charge in [-0.15, -0.1) is 116 Å². The molecule has 0 saturated carbocycles. The standard InChI is InChI=1S/C22H25IN2O5S.C21H30INO3.H19P17.H9P7/c1-17(12-14-23)22(18(2)13-15-30-16-19-8-4-3-5-9-19)24-31(28,29)21-11-7-6-10-20(21)25(26)27;1-16(11-13-22)19(23-20(24)26-21(3,4)5)17(2)12-14-25-15-18-9-7-6-8-10-18;1-10-15(11(2)3)17(14(8)9)16(12(4)5)13(6)7;1-5-7(4)6(2)3/h3-14,17,22,24H,15-16H2,1-2H3;6-13,16,19H,14-15H2,1-5H3,(H,23,24);10H,1-9H2;5H,1-4H2/b14-12+,18-13+;13-11+,17-12+;;/t17-,22-;16-,19-;;/m00../s1. The third kappa shape index (κ3) is 39.5.